The van der Waals surface area contributed by atoms with E-state index in [0.29, 0.717) is 23.7 Å². The Bertz CT molecular complexity index is 630. The first-order valence-corrected chi connectivity index (χ1v) is 6.71. The van der Waals surface area contributed by atoms with Crippen molar-refractivity contribution in [2.75, 3.05) is 7.11 Å². The predicted molar refractivity (Wildman–Crippen MR) is 83.5 cm³/mol. The molecule has 0 saturated carbocycles. The lowest BCUT2D eigenvalue weighted by Gasteiger charge is -2.11. The molecule has 0 aromatic heterocycles. The maximum Gasteiger partial charge on any atom is 0.162 e. The number of methoxy groups -OCH3 is 1. The minimum absolute atomic E-state index is 0.469. The maximum atomic E-state index is 10.7. The van der Waals surface area contributed by atoms with Crippen LogP contribution in [0.5, 0.6) is 11.5 Å². The molecule has 0 amide bonds. The molecule has 0 aliphatic rings. The van der Waals surface area contributed by atoms with Crippen molar-refractivity contribution in [3.05, 3.63) is 65.2 Å². The predicted octanol–water partition coefficient (Wildman–Crippen LogP) is 3.88. The number of aldehydes is 1. The molecule has 0 aliphatic carbocycles. The van der Waals surface area contributed by atoms with Gasteiger partial charge in [-0.25, -0.2) is 0 Å². The normalized spacial score (nSPS) is 11.0. The Morgan fingerprint density at radius 1 is 1.10 bits per heavy atom. The van der Waals surface area contributed by atoms with Gasteiger partial charge in [0.15, 0.2) is 11.5 Å². The summed E-state index contributed by atoms with van der Waals surface area (Å²) in [5, 5.41) is 0. The third-order valence-electron chi connectivity index (χ3n) is 3.01. The molecule has 2 aromatic rings. The monoisotopic (exact) mass is 282 g/mol. The second-order valence-corrected chi connectivity index (χ2v) is 4.69. The minimum atomic E-state index is 0.469. The van der Waals surface area contributed by atoms with Gasteiger partial charge in [0.1, 0.15) is 12.9 Å². The van der Waals surface area contributed by atoms with Gasteiger partial charge in [-0.1, -0.05) is 36.4 Å². The number of rotatable bonds is 6. The lowest BCUT2D eigenvalue weighted by Crippen LogP contribution is -1.98. The van der Waals surface area contributed by atoms with Crippen LogP contribution in [-0.2, 0) is 11.4 Å². The van der Waals surface area contributed by atoms with E-state index in [4.69, 9.17) is 9.47 Å². The van der Waals surface area contributed by atoms with Crippen molar-refractivity contribution in [2.45, 2.75) is 13.5 Å². The van der Waals surface area contributed by atoms with E-state index in [1.807, 2.05) is 54.6 Å². The number of hydrogen-bond acceptors (Lipinski definition) is 3. The van der Waals surface area contributed by atoms with Crippen LogP contribution < -0.4 is 9.47 Å². The van der Waals surface area contributed by atoms with Gasteiger partial charge in [-0.2, -0.15) is 0 Å². The van der Waals surface area contributed by atoms with Crippen molar-refractivity contribution in [1.29, 1.82) is 0 Å². The molecule has 0 fully saturated rings. The highest BCUT2D eigenvalue weighted by Crippen LogP contribution is 2.29. The summed E-state index contributed by atoms with van der Waals surface area (Å²) in [7, 11) is 1.61. The second-order valence-electron chi connectivity index (χ2n) is 4.69. The minimum Gasteiger partial charge on any atom is -0.493 e. The van der Waals surface area contributed by atoms with Crippen LogP contribution in [0.2, 0.25) is 0 Å². The van der Waals surface area contributed by atoms with Crippen LogP contribution in [0.3, 0.4) is 0 Å². The van der Waals surface area contributed by atoms with Crippen molar-refractivity contribution in [3.8, 4) is 11.5 Å². The quantitative estimate of drug-likeness (QED) is 0.596. The average molecular weight is 282 g/mol. The molecule has 0 radical (unpaired) electrons. The fourth-order valence-electron chi connectivity index (χ4n) is 1.93. The molecule has 0 unspecified atom stereocenters. The zero-order chi connectivity index (χ0) is 15.1. The Morgan fingerprint density at radius 3 is 2.52 bits per heavy atom. The highest BCUT2D eigenvalue weighted by atomic mass is 16.5. The molecule has 0 aliphatic heterocycles. The summed E-state index contributed by atoms with van der Waals surface area (Å²) >= 11 is 0. The van der Waals surface area contributed by atoms with Crippen LogP contribution in [-0.4, -0.2) is 13.4 Å². The van der Waals surface area contributed by atoms with Crippen LogP contribution in [0.4, 0.5) is 0 Å². The van der Waals surface area contributed by atoms with E-state index in [9.17, 15) is 4.79 Å². The van der Waals surface area contributed by atoms with E-state index in [1.165, 1.54) is 0 Å². The van der Waals surface area contributed by atoms with Crippen LogP contribution >= 0.6 is 0 Å². The molecule has 0 bridgehead atoms. The summed E-state index contributed by atoms with van der Waals surface area (Å²) in [5.41, 5.74) is 2.65. The molecule has 0 saturated heterocycles. The topological polar surface area (TPSA) is 35.5 Å². The smallest absolute Gasteiger partial charge is 0.162 e. The first kappa shape index (κ1) is 14.9. The molecule has 3 heteroatoms. The summed E-state index contributed by atoms with van der Waals surface area (Å²) in [5.74, 6) is 1.33. The Balaban J connectivity index is 2.20. The molecule has 0 atom stereocenters. The van der Waals surface area contributed by atoms with Crippen molar-refractivity contribution < 1.29 is 14.3 Å². The van der Waals surface area contributed by atoms with Crippen molar-refractivity contribution >= 4 is 12.4 Å². The van der Waals surface area contributed by atoms with Gasteiger partial charge >= 0.3 is 0 Å². The standard InChI is InChI=1S/C18H18O3/c1-14(12-19)10-16-8-9-17(20-2)18(11-16)21-13-15-6-4-3-5-7-15/h3-12H,13H2,1-2H3. The van der Waals surface area contributed by atoms with Crippen LogP contribution in [0.25, 0.3) is 6.08 Å². The van der Waals surface area contributed by atoms with E-state index in [-0.39, 0.29) is 0 Å². The molecule has 0 heterocycles. The fraction of sp³-hybridized carbons (Fsp3) is 0.167. The van der Waals surface area contributed by atoms with Gasteiger partial charge < -0.3 is 9.47 Å². The third-order valence-corrected chi connectivity index (χ3v) is 3.01. The summed E-state index contributed by atoms with van der Waals surface area (Å²) < 4.78 is 11.1. The highest BCUT2D eigenvalue weighted by Gasteiger charge is 2.05. The Hall–Kier alpha value is -2.55. The van der Waals surface area contributed by atoms with Crippen molar-refractivity contribution in [3.63, 3.8) is 0 Å². The van der Waals surface area contributed by atoms with E-state index in [1.54, 1.807) is 14.0 Å². The van der Waals surface area contributed by atoms with Crippen molar-refractivity contribution in [2.24, 2.45) is 0 Å². The Morgan fingerprint density at radius 2 is 1.86 bits per heavy atom. The highest BCUT2D eigenvalue weighted by molar-refractivity contribution is 5.81. The van der Waals surface area contributed by atoms with Gasteiger partial charge in [-0.3, -0.25) is 4.79 Å². The second kappa shape index (κ2) is 7.29. The summed E-state index contributed by atoms with van der Waals surface area (Å²) in [6.45, 7) is 2.23. The molecule has 3 nitrogen and oxygen atoms in total. The van der Waals surface area contributed by atoms with Crippen LogP contribution in [0.15, 0.2) is 54.1 Å². The summed E-state index contributed by atoms with van der Waals surface area (Å²) in [6, 6.07) is 15.5. The average Bonchev–Trinajstić information content (AvgIpc) is 2.54. The SMILES string of the molecule is COc1ccc(C=C(C)C=O)cc1OCc1ccccc1. The number of hydrogen-bond donors (Lipinski definition) is 0. The van der Waals surface area contributed by atoms with Gasteiger partial charge in [0.2, 0.25) is 0 Å². The maximum absolute atomic E-state index is 10.7. The molecule has 0 N–H and O–H groups in total. The van der Waals surface area contributed by atoms with Gasteiger partial charge in [-0.15, -0.1) is 0 Å². The molecular formula is C18H18O3. The van der Waals surface area contributed by atoms with Gasteiger partial charge in [-0.05, 0) is 41.8 Å². The number of allylic oxidation sites excluding steroid dienone is 1. The fourth-order valence-corrected chi connectivity index (χ4v) is 1.93. The van der Waals surface area contributed by atoms with E-state index < -0.39 is 0 Å². The van der Waals surface area contributed by atoms with Gasteiger partial charge in [0.25, 0.3) is 0 Å². The molecule has 0 spiro atoms. The summed E-state index contributed by atoms with van der Waals surface area (Å²) in [6.07, 6.45) is 2.64. The first-order valence-electron chi connectivity index (χ1n) is 6.71. The van der Waals surface area contributed by atoms with E-state index >= 15 is 0 Å². The molecule has 21 heavy (non-hydrogen) atoms. The number of carbonyl (C=O) groups excluding carboxylic acids is 1. The first-order chi connectivity index (χ1) is 10.2. The van der Waals surface area contributed by atoms with Gasteiger partial charge in [0.05, 0.1) is 7.11 Å². The lowest BCUT2D eigenvalue weighted by atomic mass is 10.1. The van der Waals surface area contributed by atoms with Crippen LogP contribution in [0.1, 0.15) is 18.1 Å². The van der Waals surface area contributed by atoms with E-state index in [2.05, 4.69) is 0 Å². The molecule has 2 aromatic carbocycles. The summed E-state index contributed by atoms with van der Waals surface area (Å²) in [4.78, 5) is 10.7. The zero-order valence-electron chi connectivity index (χ0n) is 12.2. The Labute approximate surface area is 124 Å². The lowest BCUT2D eigenvalue weighted by molar-refractivity contribution is -0.104. The zero-order valence-corrected chi connectivity index (χ0v) is 12.2. The Kier molecular flexibility index (Phi) is 5.16. The van der Waals surface area contributed by atoms with Crippen LogP contribution in [0, 0.1) is 0 Å². The molecule has 2 rings (SSSR count). The van der Waals surface area contributed by atoms with Gasteiger partial charge in [0, 0.05) is 0 Å². The van der Waals surface area contributed by atoms with Crippen molar-refractivity contribution in [1.82, 2.24) is 0 Å². The number of benzene rings is 2. The number of ether oxygens (including phenoxy) is 2. The van der Waals surface area contributed by atoms with E-state index in [0.717, 1.165) is 17.4 Å². The molecular weight excluding hydrogens is 264 g/mol. The third kappa shape index (κ3) is 4.21. The largest absolute Gasteiger partial charge is 0.493 e. The molecule has 108 valence electrons. The number of carbonyl (C=O) groups is 1.